The summed E-state index contributed by atoms with van der Waals surface area (Å²) in [5.74, 6) is 1.85. The molecule has 0 aliphatic carbocycles. The van der Waals surface area contributed by atoms with Gasteiger partial charge in [0.25, 0.3) is 11.6 Å². The summed E-state index contributed by atoms with van der Waals surface area (Å²) in [6.07, 6.45) is 0. The summed E-state index contributed by atoms with van der Waals surface area (Å²) in [4.78, 5) is 23.6. The highest BCUT2D eigenvalue weighted by Crippen LogP contribution is 2.30. The third-order valence-corrected chi connectivity index (χ3v) is 5.40. The van der Waals surface area contributed by atoms with E-state index in [1.165, 1.54) is 29.8 Å². The summed E-state index contributed by atoms with van der Waals surface area (Å²) in [5, 5.41) is 14.1. The molecule has 0 aliphatic rings. The standard InChI is InChI=1S/C28H26N2O6/c1-18(2)20-7-9-23(10-8-20)34-17-25-11-12-27(36-25)28(31)29-21-14-22(30(32)33)16-26(15-21)35-24-6-4-5-19(3)13-24/h4-16,18H,17H2,1-3H3,(H,29,31). The Morgan fingerprint density at radius 3 is 2.44 bits per heavy atom. The molecule has 0 aliphatic heterocycles. The van der Waals surface area contributed by atoms with Crippen molar-refractivity contribution in [3.05, 3.63) is 112 Å². The highest BCUT2D eigenvalue weighted by Gasteiger charge is 2.16. The molecule has 4 aromatic rings. The number of furan rings is 1. The molecular weight excluding hydrogens is 460 g/mol. The number of benzene rings is 3. The average molecular weight is 487 g/mol. The summed E-state index contributed by atoms with van der Waals surface area (Å²) in [5.41, 5.74) is 2.19. The molecule has 0 spiro atoms. The van der Waals surface area contributed by atoms with E-state index >= 15 is 0 Å². The van der Waals surface area contributed by atoms with Crippen molar-refractivity contribution >= 4 is 17.3 Å². The van der Waals surface area contributed by atoms with Crippen LogP contribution in [-0.2, 0) is 6.61 Å². The van der Waals surface area contributed by atoms with E-state index in [1.807, 2.05) is 49.4 Å². The lowest BCUT2D eigenvalue weighted by molar-refractivity contribution is -0.384. The monoisotopic (exact) mass is 486 g/mol. The lowest BCUT2D eigenvalue weighted by atomic mass is 10.0. The first kappa shape index (κ1) is 24.5. The van der Waals surface area contributed by atoms with Crippen molar-refractivity contribution in [2.45, 2.75) is 33.3 Å². The number of hydrogen-bond acceptors (Lipinski definition) is 6. The fourth-order valence-corrected chi connectivity index (χ4v) is 3.51. The molecule has 1 N–H and O–H groups in total. The van der Waals surface area contributed by atoms with Crippen LogP contribution < -0.4 is 14.8 Å². The molecule has 0 atom stereocenters. The van der Waals surface area contributed by atoms with Crippen LogP contribution in [0.15, 0.2) is 83.3 Å². The maximum absolute atomic E-state index is 12.7. The number of nitro groups is 1. The summed E-state index contributed by atoms with van der Waals surface area (Å²) in [7, 11) is 0. The molecule has 0 fully saturated rings. The van der Waals surface area contributed by atoms with Gasteiger partial charge >= 0.3 is 0 Å². The van der Waals surface area contributed by atoms with Crippen molar-refractivity contribution < 1.29 is 23.6 Å². The van der Waals surface area contributed by atoms with E-state index in [1.54, 1.807) is 12.1 Å². The van der Waals surface area contributed by atoms with Gasteiger partial charge in [-0.2, -0.15) is 0 Å². The van der Waals surface area contributed by atoms with Crippen molar-refractivity contribution in [3.8, 4) is 17.2 Å². The number of carbonyl (C=O) groups excluding carboxylic acids is 1. The van der Waals surface area contributed by atoms with Crippen molar-refractivity contribution in [1.82, 2.24) is 0 Å². The van der Waals surface area contributed by atoms with Crippen LogP contribution in [0.3, 0.4) is 0 Å². The number of hydrogen-bond donors (Lipinski definition) is 1. The Labute approximate surface area is 208 Å². The number of carbonyl (C=O) groups is 1. The Hall–Kier alpha value is -4.59. The Morgan fingerprint density at radius 1 is 0.972 bits per heavy atom. The number of aryl methyl sites for hydroxylation is 1. The highest BCUT2D eigenvalue weighted by molar-refractivity contribution is 6.02. The Bertz CT molecular complexity index is 1380. The lowest BCUT2D eigenvalue weighted by Crippen LogP contribution is -2.11. The molecule has 0 unspecified atom stereocenters. The normalized spacial score (nSPS) is 10.8. The number of nitrogens with one attached hydrogen (secondary N) is 1. The van der Waals surface area contributed by atoms with E-state index in [9.17, 15) is 14.9 Å². The molecule has 3 aromatic carbocycles. The van der Waals surface area contributed by atoms with Gasteiger partial charge in [-0.1, -0.05) is 38.1 Å². The van der Waals surface area contributed by atoms with Gasteiger partial charge in [0.1, 0.15) is 29.6 Å². The first-order valence-corrected chi connectivity index (χ1v) is 11.4. The Kier molecular flexibility index (Phi) is 7.34. The van der Waals surface area contributed by atoms with Crippen LogP contribution in [-0.4, -0.2) is 10.8 Å². The molecule has 0 bridgehead atoms. The summed E-state index contributed by atoms with van der Waals surface area (Å²) >= 11 is 0. The van der Waals surface area contributed by atoms with Crippen molar-refractivity contribution in [3.63, 3.8) is 0 Å². The molecule has 4 rings (SSSR count). The topological polar surface area (TPSA) is 104 Å². The smallest absolute Gasteiger partial charge is 0.291 e. The molecule has 36 heavy (non-hydrogen) atoms. The third kappa shape index (κ3) is 6.29. The quantitative estimate of drug-likeness (QED) is 0.197. The first-order chi connectivity index (χ1) is 17.3. The summed E-state index contributed by atoms with van der Waals surface area (Å²) in [6.45, 7) is 6.31. The Balaban J connectivity index is 1.43. The van der Waals surface area contributed by atoms with Gasteiger partial charge in [0.05, 0.1) is 16.7 Å². The fraction of sp³-hybridized carbons (Fsp3) is 0.179. The average Bonchev–Trinajstić information content (AvgIpc) is 3.32. The molecular formula is C28H26N2O6. The molecule has 8 nitrogen and oxygen atoms in total. The summed E-state index contributed by atoms with van der Waals surface area (Å²) < 4.78 is 17.1. The predicted octanol–water partition coefficient (Wildman–Crippen LogP) is 7.24. The van der Waals surface area contributed by atoms with Gasteiger partial charge in [0, 0.05) is 12.1 Å². The van der Waals surface area contributed by atoms with Gasteiger partial charge in [-0.15, -0.1) is 0 Å². The van der Waals surface area contributed by atoms with Gasteiger partial charge in [0.2, 0.25) is 0 Å². The number of ether oxygens (including phenoxy) is 2. The van der Waals surface area contributed by atoms with Gasteiger partial charge < -0.3 is 19.2 Å². The number of nitro benzene ring substituents is 1. The van der Waals surface area contributed by atoms with E-state index in [-0.39, 0.29) is 29.5 Å². The minimum absolute atomic E-state index is 0.0522. The molecule has 8 heteroatoms. The number of anilines is 1. The zero-order valence-corrected chi connectivity index (χ0v) is 20.2. The van der Waals surface area contributed by atoms with E-state index < -0.39 is 10.8 Å². The first-order valence-electron chi connectivity index (χ1n) is 11.4. The zero-order chi connectivity index (χ0) is 25.7. The van der Waals surface area contributed by atoms with Crippen LogP contribution in [0.2, 0.25) is 0 Å². The largest absolute Gasteiger partial charge is 0.486 e. The minimum Gasteiger partial charge on any atom is -0.486 e. The number of non-ortho nitro benzene ring substituents is 1. The second-order valence-corrected chi connectivity index (χ2v) is 8.62. The zero-order valence-electron chi connectivity index (χ0n) is 20.2. The van der Waals surface area contributed by atoms with E-state index in [0.717, 1.165) is 5.56 Å². The molecule has 184 valence electrons. The Morgan fingerprint density at radius 2 is 1.75 bits per heavy atom. The van der Waals surface area contributed by atoms with Crippen LogP contribution in [0, 0.1) is 17.0 Å². The fourth-order valence-electron chi connectivity index (χ4n) is 3.51. The molecule has 0 radical (unpaired) electrons. The number of amides is 1. The van der Waals surface area contributed by atoms with Gasteiger partial charge in [-0.3, -0.25) is 14.9 Å². The van der Waals surface area contributed by atoms with Crippen LogP contribution in [0.25, 0.3) is 0 Å². The van der Waals surface area contributed by atoms with Gasteiger partial charge in [0.15, 0.2) is 5.76 Å². The van der Waals surface area contributed by atoms with Crippen LogP contribution in [0.1, 0.15) is 47.2 Å². The number of rotatable bonds is 9. The maximum atomic E-state index is 12.7. The van der Waals surface area contributed by atoms with Gasteiger partial charge in [-0.25, -0.2) is 0 Å². The van der Waals surface area contributed by atoms with Crippen LogP contribution in [0.4, 0.5) is 11.4 Å². The van der Waals surface area contributed by atoms with E-state index in [2.05, 4.69) is 19.2 Å². The lowest BCUT2D eigenvalue weighted by Gasteiger charge is -2.09. The van der Waals surface area contributed by atoms with Gasteiger partial charge in [-0.05, 0) is 60.4 Å². The minimum atomic E-state index is -0.551. The summed E-state index contributed by atoms with van der Waals surface area (Å²) in [6, 6.07) is 22.3. The maximum Gasteiger partial charge on any atom is 0.291 e. The third-order valence-electron chi connectivity index (χ3n) is 5.40. The van der Waals surface area contributed by atoms with Crippen molar-refractivity contribution in [2.24, 2.45) is 0 Å². The number of nitrogens with zero attached hydrogens (tertiary/aromatic N) is 1. The molecule has 1 aromatic heterocycles. The van der Waals surface area contributed by atoms with Crippen molar-refractivity contribution in [1.29, 1.82) is 0 Å². The SMILES string of the molecule is Cc1cccc(Oc2cc(NC(=O)c3ccc(COc4ccc(C(C)C)cc4)o3)cc([N+](=O)[O-])c2)c1. The van der Waals surface area contributed by atoms with E-state index in [4.69, 9.17) is 13.9 Å². The predicted molar refractivity (Wildman–Crippen MR) is 136 cm³/mol. The molecule has 0 saturated heterocycles. The molecule has 1 amide bonds. The van der Waals surface area contributed by atoms with Crippen molar-refractivity contribution in [2.75, 3.05) is 5.32 Å². The highest BCUT2D eigenvalue weighted by atomic mass is 16.6. The second kappa shape index (κ2) is 10.8. The molecule has 0 saturated carbocycles. The molecule has 1 heterocycles. The van der Waals surface area contributed by atoms with E-state index in [0.29, 0.717) is 23.2 Å². The van der Waals surface area contributed by atoms with Crippen LogP contribution in [0.5, 0.6) is 17.2 Å². The van der Waals surface area contributed by atoms with Crippen LogP contribution >= 0.6 is 0 Å². The second-order valence-electron chi connectivity index (χ2n) is 8.62.